The summed E-state index contributed by atoms with van der Waals surface area (Å²) in [5.41, 5.74) is 0. The van der Waals surface area contributed by atoms with Gasteiger partial charge in [0.05, 0.1) is 18.4 Å². The first kappa shape index (κ1) is 12.4. The molecule has 1 fully saturated rings. The van der Waals surface area contributed by atoms with Crippen LogP contribution >= 0.6 is 0 Å². The van der Waals surface area contributed by atoms with Gasteiger partial charge < -0.3 is 10.0 Å². The van der Waals surface area contributed by atoms with Crippen LogP contribution in [-0.2, 0) is 15.0 Å². The maximum Gasteiger partial charge on any atom is 0.302 e. The van der Waals surface area contributed by atoms with Crippen molar-refractivity contribution in [3.8, 4) is 0 Å². The van der Waals surface area contributed by atoms with Gasteiger partial charge in [0.15, 0.2) is 0 Å². The molecule has 0 aromatic rings. The third-order valence-electron chi connectivity index (χ3n) is 2.47. The summed E-state index contributed by atoms with van der Waals surface area (Å²) in [4.78, 5) is 12.8. The Bertz CT molecular complexity index is 343. The normalized spacial score (nSPS) is 24.6. The highest BCUT2D eigenvalue weighted by Gasteiger charge is 2.34. The summed E-state index contributed by atoms with van der Waals surface area (Å²) in [7, 11) is -4.53. The number of halogens is 1. The number of hydrogen-bond donors (Lipinski definition) is 1. The minimum Gasteiger partial charge on any atom is -0.394 e. The number of rotatable bonds is 4. The smallest absolute Gasteiger partial charge is 0.302 e. The summed E-state index contributed by atoms with van der Waals surface area (Å²) in [6.07, 6.45) is 0.0352. The lowest BCUT2D eigenvalue weighted by atomic mass is 10.1. The van der Waals surface area contributed by atoms with Gasteiger partial charge in [-0.1, -0.05) is 0 Å². The second-order valence-corrected chi connectivity index (χ2v) is 5.26. The van der Waals surface area contributed by atoms with Crippen molar-refractivity contribution in [2.75, 3.05) is 18.9 Å². The first-order valence-electron chi connectivity index (χ1n) is 4.66. The molecule has 5 nitrogen and oxygen atoms in total. The maximum absolute atomic E-state index is 12.4. The summed E-state index contributed by atoms with van der Waals surface area (Å²) in [6, 6.07) is -0.343. The summed E-state index contributed by atoms with van der Waals surface area (Å²) >= 11 is 0. The van der Waals surface area contributed by atoms with E-state index in [1.165, 1.54) is 4.90 Å². The van der Waals surface area contributed by atoms with Crippen LogP contribution in [0.5, 0.6) is 0 Å². The van der Waals surface area contributed by atoms with Crippen LogP contribution in [0.15, 0.2) is 0 Å². The number of nitrogens with zero attached hydrogens (tertiary/aromatic N) is 1. The Balaban J connectivity index is 2.60. The Morgan fingerprint density at radius 1 is 1.67 bits per heavy atom. The molecule has 0 aromatic heterocycles. The van der Waals surface area contributed by atoms with Gasteiger partial charge in [0.1, 0.15) is 0 Å². The predicted molar refractivity (Wildman–Crippen MR) is 51.3 cm³/mol. The SMILES string of the molecule is CC(CO)N1CC(CS(=O)(=O)F)CC1=O. The predicted octanol–water partition coefficient (Wildman–Crippen LogP) is -0.485. The van der Waals surface area contributed by atoms with E-state index in [-0.39, 0.29) is 31.5 Å². The number of aliphatic hydroxyl groups excluding tert-OH is 1. The van der Waals surface area contributed by atoms with E-state index < -0.39 is 21.9 Å². The lowest BCUT2D eigenvalue weighted by Crippen LogP contribution is -2.37. The lowest BCUT2D eigenvalue weighted by molar-refractivity contribution is -0.130. The van der Waals surface area contributed by atoms with Crippen molar-refractivity contribution in [3.05, 3.63) is 0 Å². The maximum atomic E-state index is 12.4. The molecular weight excluding hydrogens is 225 g/mol. The number of hydrogen-bond acceptors (Lipinski definition) is 4. The molecule has 2 atom stereocenters. The number of carbonyl (C=O) groups is 1. The van der Waals surface area contributed by atoms with Gasteiger partial charge in [0.2, 0.25) is 5.91 Å². The summed E-state index contributed by atoms with van der Waals surface area (Å²) in [5.74, 6) is -1.35. The Kier molecular flexibility index (Phi) is 3.67. The van der Waals surface area contributed by atoms with E-state index >= 15 is 0 Å². The first-order valence-corrected chi connectivity index (χ1v) is 6.21. The number of carbonyl (C=O) groups excluding carboxylic acids is 1. The second-order valence-electron chi connectivity index (χ2n) is 3.85. The zero-order valence-electron chi connectivity index (χ0n) is 8.39. The first-order chi connectivity index (χ1) is 6.83. The van der Waals surface area contributed by atoms with Crippen LogP contribution in [0.2, 0.25) is 0 Å². The Morgan fingerprint density at radius 3 is 2.73 bits per heavy atom. The molecule has 1 amide bonds. The molecule has 1 aliphatic rings. The van der Waals surface area contributed by atoms with Crippen molar-refractivity contribution < 1.29 is 22.2 Å². The van der Waals surface area contributed by atoms with E-state index in [1.807, 2.05) is 0 Å². The topological polar surface area (TPSA) is 74.7 Å². The molecule has 1 heterocycles. The highest BCUT2D eigenvalue weighted by atomic mass is 32.3. The molecule has 0 spiro atoms. The second kappa shape index (κ2) is 4.44. The number of aliphatic hydroxyl groups is 1. The van der Waals surface area contributed by atoms with Crippen molar-refractivity contribution >= 4 is 16.1 Å². The van der Waals surface area contributed by atoms with Gasteiger partial charge in [0.25, 0.3) is 0 Å². The van der Waals surface area contributed by atoms with Crippen molar-refractivity contribution in [3.63, 3.8) is 0 Å². The van der Waals surface area contributed by atoms with Crippen LogP contribution in [0.4, 0.5) is 3.89 Å². The summed E-state index contributed by atoms with van der Waals surface area (Å²) < 4.78 is 33.2. The van der Waals surface area contributed by atoms with Crippen LogP contribution in [0.3, 0.4) is 0 Å². The molecule has 1 saturated heterocycles. The van der Waals surface area contributed by atoms with Crippen molar-refractivity contribution in [1.82, 2.24) is 4.90 Å². The molecule has 15 heavy (non-hydrogen) atoms. The molecule has 7 heteroatoms. The zero-order chi connectivity index (χ0) is 11.6. The summed E-state index contributed by atoms with van der Waals surface area (Å²) in [6.45, 7) is 1.68. The average Bonchev–Trinajstić information content (AvgIpc) is 2.42. The van der Waals surface area contributed by atoms with E-state index in [1.54, 1.807) is 6.92 Å². The Morgan fingerprint density at radius 2 is 2.27 bits per heavy atom. The molecule has 1 rings (SSSR count). The van der Waals surface area contributed by atoms with Gasteiger partial charge in [0, 0.05) is 18.9 Å². The number of amides is 1. The summed E-state index contributed by atoms with van der Waals surface area (Å²) in [5, 5.41) is 8.85. The average molecular weight is 239 g/mol. The fraction of sp³-hybridized carbons (Fsp3) is 0.875. The van der Waals surface area contributed by atoms with Gasteiger partial charge in [-0.05, 0) is 6.92 Å². The molecule has 0 aliphatic carbocycles. The fourth-order valence-electron chi connectivity index (χ4n) is 1.73. The molecule has 0 saturated carbocycles. The molecule has 0 radical (unpaired) electrons. The molecular formula is C8H14FNO4S. The lowest BCUT2D eigenvalue weighted by Gasteiger charge is -2.22. The third kappa shape index (κ3) is 3.42. The van der Waals surface area contributed by atoms with Crippen molar-refractivity contribution in [2.24, 2.45) is 5.92 Å². The minimum atomic E-state index is -4.53. The molecule has 0 aromatic carbocycles. The standard InChI is InChI=1S/C8H14FNO4S/c1-6(4-11)10-3-7(2-8(10)12)5-15(9,13)14/h6-7,11H,2-5H2,1H3. The van der Waals surface area contributed by atoms with Gasteiger partial charge in [-0.2, -0.15) is 8.42 Å². The van der Waals surface area contributed by atoms with Gasteiger partial charge >= 0.3 is 10.2 Å². The molecule has 88 valence electrons. The van der Waals surface area contributed by atoms with Crippen molar-refractivity contribution in [1.29, 1.82) is 0 Å². The van der Waals surface area contributed by atoms with Crippen LogP contribution in [0, 0.1) is 5.92 Å². The van der Waals surface area contributed by atoms with Crippen LogP contribution in [0.25, 0.3) is 0 Å². The van der Waals surface area contributed by atoms with E-state index in [0.717, 1.165) is 0 Å². The van der Waals surface area contributed by atoms with Crippen LogP contribution in [-0.4, -0.2) is 49.3 Å². The molecule has 0 bridgehead atoms. The largest absolute Gasteiger partial charge is 0.394 e. The number of likely N-dealkylation sites (tertiary alicyclic amines) is 1. The van der Waals surface area contributed by atoms with Crippen LogP contribution < -0.4 is 0 Å². The highest BCUT2D eigenvalue weighted by molar-refractivity contribution is 7.86. The monoisotopic (exact) mass is 239 g/mol. The molecule has 2 unspecified atom stereocenters. The third-order valence-corrected chi connectivity index (χ3v) is 3.34. The highest BCUT2D eigenvalue weighted by Crippen LogP contribution is 2.21. The fourth-order valence-corrected chi connectivity index (χ4v) is 2.51. The quantitative estimate of drug-likeness (QED) is 0.672. The Labute approximate surface area is 88.1 Å². The van der Waals surface area contributed by atoms with Gasteiger partial charge in [-0.15, -0.1) is 3.89 Å². The van der Waals surface area contributed by atoms with Crippen molar-refractivity contribution in [2.45, 2.75) is 19.4 Å². The molecule has 1 N–H and O–H groups in total. The van der Waals surface area contributed by atoms with Gasteiger partial charge in [-0.3, -0.25) is 4.79 Å². The van der Waals surface area contributed by atoms with Crippen LogP contribution in [0.1, 0.15) is 13.3 Å². The van der Waals surface area contributed by atoms with E-state index in [0.29, 0.717) is 0 Å². The van der Waals surface area contributed by atoms with E-state index in [4.69, 9.17) is 5.11 Å². The van der Waals surface area contributed by atoms with Gasteiger partial charge in [-0.25, -0.2) is 0 Å². The minimum absolute atomic E-state index is 0.0352. The zero-order valence-corrected chi connectivity index (χ0v) is 9.21. The van der Waals surface area contributed by atoms with E-state index in [2.05, 4.69) is 0 Å². The van der Waals surface area contributed by atoms with E-state index in [9.17, 15) is 17.1 Å². The molecule has 1 aliphatic heterocycles. The Hall–Kier alpha value is -0.690.